The van der Waals surface area contributed by atoms with Gasteiger partial charge >= 0.3 is 0 Å². The molecular formula is C13H18N4. The Hall–Kier alpha value is -1.81. The summed E-state index contributed by atoms with van der Waals surface area (Å²) in [6.45, 7) is 1.88. The molecule has 17 heavy (non-hydrogen) atoms. The van der Waals surface area contributed by atoms with Gasteiger partial charge in [0, 0.05) is 31.2 Å². The molecule has 2 rings (SSSR count). The van der Waals surface area contributed by atoms with Gasteiger partial charge in [0.25, 0.3) is 0 Å². The molecule has 4 heteroatoms. The van der Waals surface area contributed by atoms with Crippen LogP contribution in [0, 0.1) is 0 Å². The molecule has 0 bridgehead atoms. The maximum Gasteiger partial charge on any atom is 0.129 e. The molecular weight excluding hydrogens is 212 g/mol. The van der Waals surface area contributed by atoms with Gasteiger partial charge in [0.05, 0.1) is 5.52 Å². The molecule has 90 valence electrons. The highest BCUT2D eigenvalue weighted by Crippen LogP contribution is 2.19. The quantitative estimate of drug-likeness (QED) is 0.781. The first kappa shape index (κ1) is 11.7. The van der Waals surface area contributed by atoms with Crippen molar-refractivity contribution in [2.75, 3.05) is 37.8 Å². The minimum Gasteiger partial charge on any atom is -0.399 e. The molecule has 1 heterocycles. The lowest BCUT2D eigenvalue weighted by Gasteiger charge is -2.18. The second kappa shape index (κ2) is 5.01. The van der Waals surface area contributed by atoms with E-state index in [0.29, 0.717) is 0 Å². The summed E-state index contributed by atoms with van der Waals surface area (Å²) in [6, 6.07) is 9.87. The van der Waals surface area contributed by atoms with Gasteiger partial charge in [-0.2, -0.15) is 0 Å². The first-order chi connectivity index (χ1) is 8.20. The highest BCUT2D eigenvalue weighted by molar-refractivity contribution is 5.83. The number of nitrogen functional groups attached to an aromatic ring is 1. The van der Waals surface area contributed by atoms with Crippen LogP contribution in [0.1, 0.15) is 0 Å². The van der Waals surface area contributed by atoms with Crippen LogP contribution in [0.25, 0.3) is 10.9 Å². The number of likely N-dealkylation sites (N-methyl/N-ethyl adjacent to an activating group) is 2. The van der Waals surface area contributed by atoms with E-state index in [9.17, 15) is 0 Å². The Morgan fingerprint density at radius 3 is 2.88 bits per heavy atom. The van der Waals surface area contributed by atoms with Gasteiger partial charge in [-0.15, -0.1) is 0 Å². The summed E-state index contributed by atoms with van der Waals surface area (Å²) in [5, 5.41) is 4.21. The van der Waals surface area contributed by atoms with E-state index >= 15 is 0 Å². The second-order valence-corrected chi connectivity index (χ2v) is 4.15. The third kappa shape index (κ3) is 2.65. The Balaban J connectivity index is 2.28. The van der Waals surface area contributed by atoms with Gasteiger partial charge in [-0.05, 0) is 37.4 Å². The molecule has 2 aromatic rings. The molecule has 3 N–H and O–H groups in total. The lowest BCUT2D eigenvalue weighted by molar-refractivity contribution is 0.762. The van der Waals surface area contributed by atoms with Crippen molar-refractivity contribution in [1.29, 1.82) is 0 Å². The Morgan fingerprint density at radius 2 is 2.12 bits per heavy atom. The van der Waals surface area contributed by atoms with E-state index in [-0.39, 0.29) is 0 Å². The van der Waals surface area contributed by atoms with Crippen LogP contribution >= 0.6 is 0 Å². The van der Waals surface area contributed by atoms with Gasteiger partial charge in [-0.3, -0.25) is 0 Å². The summed E-state index contributed by atoms with van der Waals surface area (Å²) in [5.41, 5.74) is 7.49. The van der Waals surface area contributed by atoms with Crippen molar-refractivity contribution in [1.82, 2.24) is 10.3 Å². The predicted octanol–water partition coefficient (Wildman–Crippen LogP) is 1.47. The molecule has 0 unspecified atom stereocenters. The number of hydrogen-bond acceptors (Lipinski definition) is 4. The van der Waals surface area contributed by atoms with Gasteiger partial charge in [0.1, 0.15) is 5.82 Å². The van der Waals surface area contributed by atoms with Gasteiger partial charge in [0.2, 0.25) is 0 Å². The standard InChI is InChI=1S/C13H18N4/c1-15-7-8-17(2)13-6-3-10-9-11(14)4-5-12(10)16-13/h3-6,9,15H,7-8,14H2,1-2H3. The van der Waals surface area contributed by atoms with Crippen LogP contribution in [0.3, 0.4) is 0 Å². The van der Waals surface area contributed by atoms with Crippen LogP contribution < -0.4 is 16.0 Å². The monoisotopic (exact) mass is 230 g/mol. The van der Waals surface area contributed by atoms with Crippen molar-refractivity contribution < 1.29 is 0 Å². The number of anilines is 2. The van der Waals surface area contributed by atoms with Gasteiger partial charge in [0.15, 0.2) is 0 Å². The highest BCUT2D eigenvalue weighted by Gasteiger charge is 2.03. The fourth-order valence-electron chi connectivity index (χ4n) is 1.74. The molecule has 0 fully saturated rings. The van der Waals surface area contributed by atoms with E-state index in [1.165, 1.54) is 0 Å². The maximum atomic E-state index is 5.74. The minimum atomic E-state index is 0.774. The zero-order valence-corrected chi connectivity index (χ0v) is 10.3. The van der Waals surface area contributed by atoms with Crippen LogP contribution in [0.2, 0.25) is 0 Å². The van der Waals surface area contributed by atoms with Crippen molar-refractivity contribution in [3.63, 3.8) is 0 Å². The summed E-state index contributed by atoms with van der Waals surface area (Å²) in [7, 11) is 3.99. The number of hydrogen-bond donors (Lipinski definition) is 2. The number of fused-ring (bicyclic) bond motifs is 1. The number of nitrogens with zero attached hydrogens (tertiary/aromatic N) is 2. The van der Waals surface area contributed by atoms with E-state index in [1.807, 2.05) is 38.4 Å². The molecule has 1 aromatic carbocycles. The number of nitrogens with two attached hydrogens (primary N) is 1. The third-order valence-corrected chi connectivity index (χ3v) is 2.79. The number of pyridine rings is 1. The first-order valence-corrected chi connectivity index (χ1v) is 5.73. The summed E-state index contributed by atoms with van der Waals surface area (Å²) in [6.07, 6.45) is 0. The van der Waals surface area contributed by atoms with E-state index in [1.54, 1.807) is 0 Å². The smallest absolute Gasteiger partial charge is 0.129 e. The molecule has 0 spiro atoms. The molecule has 0 aliphatic heterocycles. The largest absolute Gasteiger partial charge is 0.399 e. The number of rotatable bonds is 4. The highest BCUT2D eigenvalue weighted by atomic mass is 15.2. The Morgan fingerprint density at radius 1 is 1.29 bits per heavy atom. The molecule has 0 atom stereocenters. The third-order valence-electron chi connectivity index (χ3n) is 2.79. The molecule has 1 aromatic heterocycles. The van der Waals surface area contributed by atoms with Crippen LogP contribution in [-0.4, -0.2) is 32.2 Å². The molecule has 0 radical (unpaired) electrons. The number of benzene rings is 1. The minimum absolute atomic E-state index is 0.774. The zero-order valence-electron chi connectivity index (χ0n) is 10.3. The number of nitrogens with one attached hydrogen (secondary N) is 1. The second-order valence-electron chi connectivity index (χ2n) is 4.15. The van der Waals surface area contributed by atoms with Crippen molar-refractivity contribution in [3.8, 4) is 0 Å². The molecule has 0 saturated heterocycles. The fourth-order valence-corrected chi connectivity index (χ4v) is 1.74. The van der Waals surface area contributed by atoms with Crippen molar-refractivity contribution in [2.24, 2.45) is 0 Å². The normalized spacial score (nSPS) is 10.7. The molecule has 4 nitrogen and oxygen atoms in total. The van der Waals surface area contributed by atoms with Crippen molar-refractivity contribution >= 4 is 22.4 Å². The summed E-state index contributed by atoms with van der Waals surface area (Å²) in [4.78, 5) is 6.74. The van der Waals surface area contributed by atoms with Crippen LogP contribution in [0.5, 0.6) is 0 Å². The molecule has 0 aliphatic carbocycles. The summed E-state index contributed by atoms with van der Waals surface area (Å²) >= 11 is 0. The van der Waals surface area contributed by atoms with Gasteiger partial charge in [-0.1, -0.05) is 0 Å². The van der Waals surface area contributed by atoms with E-state index < -0.39 is 0 Å². The average Bonchev–Trinajstić information content (AvgIpc) is 2.35. The average molecular weight is 230 g/mol. The van der Waals surface area contributed by atoms with Gasteiger partial charge < -0.3 is 16.0 Å². The van der Waals surface area contributed by atoms with Crippen LogP contribution in [0.4, 0.5) is 11.5 Å². The predicted molar refractivity (Wildman–Crippen MR) is 73.4 cm³/mol. The molecule has 0 aliphatic rings. The van der Waals surface area contributed by atoms with Gasteiger partial charge in [-0.25, -0.2) is 4.98 Å². The molecule has 0 saturated carbocycles. The number of aromatic nitrogens is 1. The van der Waals surface area contributed by atoms with E-state index in [0.717, 1.165) is 35.5 Å². The Bertz CT molecular complexity index is 510. The van der Waals surface area contributed by atoms with Crippen LogP contribution in [0.15, 0.2) is 30.3 Å². The summed E-state index contributed by atoms with van der Waals surface area (Å²) in [5.74, 6) is 0.984. The summed E-state index contributed by atoms with van der Waals surface area (Å²) < 4.78 is 0. The van der Waals surface area contributed by atoms with Crippen molar-refractivity contribution in [3.05, 3.63) is 30.3 Å². The lowest BCUT2D eigenvalue weighted by Crippen LogP contribution is -2.27. The molecule has 0 amide bonds. The fraction of sp³-hybridized carbons (Fsp3) is 0.308. The Kier molecular flexibility index (Phi) is 3.44. The maximum absolute atomic E-state index is 5.74. The van der Waals surface area contributed by atoms with Crippen LogP contribution in [-0.2, 0) is 0 Å². The first-order valence-electron chi connectivity index (χ1n) is 5.73. The Labute approximate surface area is 101 Å². The van der Waals surface area contributed by atoms with E-state index in [2.05, 4.69) is 21.3 Å². The lowest BCUT2D eigenvalue weighted by atomic mass is 10.2. The topological polar surface area (TPSA) is 54.2 Å². The SMILES string of the molecule is CNCCN(C)c1ccc2cc(N)ccc2n1. The zero-order chi connectivity index (χ0) is 12.3. The van der Waals surface area contributed by atoms with E-state index in [4.69, 9.17) is 5.73 Å². The van der Waals surface area contributed by atoms with Crippen molar-refractivity contribution in [2.45, 2.75) is 0 Å².